The lowest BCUT2D eigenvalue weighted by atomic mass is 10.2. The molecule has 3 aromatic rings. The lowest BCUT2D eigenvalue weighted by molar-refractivity contribution is 0.533. The first-order chi connectivity index (χ1) is 11.2. The van der Waals surface area contributed by atoms with E-state index in [9.17, 15) is 0 Å². The minimum absolute atomic E-state index is 0.162. The zero-order chi connectivity index (χ0) is 16.2. The first-order valence-corrected chi connectivity index (χ1v) is 7.47. The predicted octanol–water partition coefficient (Wildman–Crippen LogP) is 4.32. The second kappa shape index (κ2) is 6.50. The van der Waals surface area contributed by atoms with Crippen molar-refractivity contribution in [3.63, 3.8) is 0 Å². The summed E-state index contributed by atoms with van der Waals surface area (Å²) < 4.78 is 11.9. The van der Waals surface area contributed by atoms with Crippen LogP contribution < -0.4 is 5.43 Å². The fourth-order valence-corrected chi connectivity index (χ4v) is 2.19. The molecule has 0 bridgehead atoms. The van der Waals surface area contributed by atoms with Gasteiger partial charge in [-0.3, -0.25) is 0 Å². The van der Waals surface area contributed by atoms with E-state index in [1.807, 2.05) is 36.4 Å². The number of benzene rings is 1. The molecule has 6 nitrogen and oxygen atoms in total. The second-order valence-corrected chi connectivity index (χ2v) is 5.52. The topological polar surface area (TPSA) is 87.4 Å². The fourth-order valence-electron chi connectivity index (χ4n) is 1.92. The molecule has 2 aromatic heterocycles. The normalized spacial score (nSPS) is 10.8. The minimum atomic E-state index is 0.162. The summed E-state index contributed by atoms with van der Waals surface area (Å²) in [7, 11) is 0. The molecule has 0 atom stereocenters. The summed E-state index contributed by atoms with van der Waals surface area (Å²) in [6, 6.07) is 13.4. The van der Waals surface area contributed by atoms with Gasteiger partial charge in [0.15, 0.2) is 5.89 Å². The number of oxazole rings is 1. The van der Waals surface area contributed by atoms with E-state index < -0.39 is 0 Å². The Balaban J connectivity index is 1.71. The number of nitrogens with one attached hydrogen (secondary N) is 1. The van der Waals surface area contributed by atoms with Crippen LogP contribution in [0.1, 0.15) is 17.3 Å². The Morgan fingerprint density at radius 1 is 1.22 bits per heavy atom. The number of hydrogen-bond donors (Lipinski definition) is 1. The quantitative estimate of drug-likeness (QED) is 0.545. The number of rotatable bonds is 4. The van der Waals surface area contributed by atoms with Crippen molar-refractivity contribution in [2.24, 2.45) is 5.10 Å². The number of aromatic nitrogens is 1. The van der Waals surface area contributed by atoms with Crippen molar-refractivity contribution >= 4 is 28.0 Å². The summed E-state index contributed by atoms with van der Waals surface area (Å²) in [6.07, 6.45) is 1.50. The van der Waals surface area contributed by atoms with Crippen LogP contribution in [0.5, 0.6) is 0 Å². The van der Waals surface area contributed by atoms with E-state index in [1.165, 1.54) is 6.21 Å². The number of anilines is 1. The second-order valence-electron chi connectivity index (χ2n) is 4.60. The molecule has 114 valence electrons. The van der Waals surface area contributed by atoms with Gasteiger partial charge >= 0.3 is 0 Å². The third kappa shape index (κ3) is 3.49. The molecule has 0 unspecified atom stereocenters. The van der Waals surface area contributed by atoms with E-state index in [4.69, 9.17) is 14.1 Å². The van der Waals surface area contributed by atoms with Crippen molar-refractivity contribution in [1.82, 2.24) is 4.98 Å². The van der Waals surface area contributed by atoms with Gasteiger partial charge in [-0.05, 0) is 24.3 Å². The van der Waals surface area contributed by atoms with Crippen molar-refractivity contribution in [1.29, 1.82) is 5.26 Å². The summed E-state index contributed by atoms with van der Waals surface area (Å²) >= 11 is 3.40. The molecule has 1 aromatic carbocycles. The zero-order valence-corrected chi connectivity index (χ0v) is 13.7. The van der Waals surface area contributed by atoms with Crippen LogP contribution in [0, 0.1) is 18.3 Å². The zero-order valence-electron chi connectivity index (χ0n) is 12.1. The Hall–Kier alpha value is -2.85. The average Bonchev–Trinajstić information content (AvgIpc) is 3.15. The number of nitrogens with zero attached hydrogens (tertiary/aromatic N) is 3. The summed E-state index contributed by atoms with van der Waals surface area (Å²) in [5.41, 5.74) is 3.77. The Kier molecular flexibility index (Phi) is 4.26. The minimum Gasteiger partial charge on any atom is -0.455 e. The molecule has 0 aliphatic carbocycles. The van der Waals surface area contributed by atoms with E-state index in [0.29, 0.717) is 11.7 Å². The van der Waals surface area contributed by atoms with Crippen molar-refractivity contribution in [2.45, 2.75) is 6.92 Å². The summed E-state index contributed by atoms with van der Waals surface area (Å²) in [5, 5.41) is 12.9. The van der Waals surface area contributed by atoms with Crippen LogP contribution in [-0.2, 0) is 0 Å². The van der Waals surface area contributed by atoms with Gasteiger partial charge in [0.2, 0.25) is 5.69 Å². The van der Waals surface area contributed by atoms with E-state index >= 15 is 0 Å². The van der Waals surface area contributed by atoms with Gasteiger partial charge in [-0.1, -0.05) is 28.1 Å². The first kappa shape index (κ1) is 15.1. The highest BCUT2D eigenvalue weighted by atomic mass is 79.9. The van der Waals surface area contributed by atoms with Crippen LogP contribution in [0.3, 0.4) is 0 Å². The van der Waals surface area contributed by atoms with Crippen LogP contribution in [-0.4, -0.2) is 11.2 Å². The fraction of sp³-hybridized carbons (Fsp3) is 0.0625. The van der Waals surface area contributed by atoms with Gasteiger partial charge < -0.3 is 8.83 Å². The molecule has 23 heavy (non-hydrogen) atoms. The molecule has 0 aliphatic rings. The third-order valence-electron chi connectivity index (χ3n) is 2.95. The molecule has 0 amide bonds. The van der Waals surface area contributed by atoms with Crippen molar-refractivity contribution in [2.75, 3.05) is 5.43 Å². The monoisotopic (exact) mass is 370 g/mol. The van der Waals surface area contributed by atoms with Crippen molar-refractivity contribution in [3.05, 3.63) is 58.2 Å². The van der Waals surface area contributed by atoms with Gasteiger partial charge in [-0.25, -0.2) is 10.4 Å². The van der Waals surface area contributed by atoms with Crippen LogP contribution >= 0.6 is 15.9 Å². The standard InChI is InChI=1S/C16H11BrN4O2/c1-10-20-14(8-18)16(22-10)21-19-9-13-6-7-15(23-13)11-2-4-12(17)5-3-11/h2-7,9,21H,1H3. The number of halogens is 1. The average molecular weight is 371 g/mol. The maximum atomic E-state index is 8.91. The van der Waals surface area contributed by atoms with E-state index in [2.05, 4.69) is 31.4 Å². The molecular formula is C16H11BrN4O2. The molecule has 0 radical (unpaired) electrons. The molecule has 0 aliphatic heterocycles. The molecule has 0 saturated heterocycles. The van der Waals surface area contributed by atoms with E-state index in [0.717, 1.165) is 15.8 Å². The van der Waals surface area contributed by atoms with Gasteiger partial charge in [0, 0.05) is 17.0 Å². The molecule has 7 heteroatoms. The molecule has 3 rings (SSSR count). The maximum Gasteiger partial charge on any atom is 0.252 e. The summed E-state index contributed by atoms with van der Waals surface area (Å²) in [6.45, 7) is 1.66. The van der Waals surface area contributed by atoms with Crippen LogP contribution in [0.2, 0.25) is 0 Å². The smallest absolute Gasteiger partial charge is 0.252 e. The summed E-state index contributed by atoms with van der Waals surface area (Å²) in [5.74, 6) is 1.92. The highest BCUT2D eigenvalue weighted by Crippen LogP contribution is 2.23. The third-order valence-corrected chi connectivity index (χ3v) is 3.48. The van der Waals surface area contributed by atoms with Gasteiger partial charge in [-0.15, -0.1) is 0 Å². The van der Waals surface area contributed by atoms with E-state index in [-0.39, 0.29) is 11.6 Å². The molecular weight excluding hydrogens is 360 g/mol. The Morgan fingerprint density at radius 3 is 2.74 bits per heavy atom. The Morgan fingerprint density at radius 2 is 2.00 bits per heavy atom. The van der Waals surface area contributed by atoms with Crippen LogP contribution in [0.15, 0.2) is 54.8 Å². The summed E-state index contributed by atoms with van der Waals surface area (Å²) in [4.78, 5) is 3.91. The van der Waals surface area contributed by atoms with Gasteiger partial charge in [0.05, 0.1) is 6.21 Å². The molecule has 0 fully saturated rings. The van der Waals surface area contributed by atoms with Crippen molar-refractivity contribution in [3.8, 4) is 17.4 Å². The van der Waals surface area contributed by atoms with Crippen LogP contribution in [0.4, 0.5) is 5.88 Å². The van der Waals surface area contributed by atoms with Gasteiger partial charge in [0.25, 0.3) is 5.88 Å². The Labute approximate surface area is 140 Å². The molecule has 2 heterocycles. The highest BCUT2D eigenvalue weighted by Gasteiger charge is 2.09. The molecule has 1 N–H and O–H groups in total. The van der Waals surface area contributed by atoms with Crippen molar-refractivity contribution < 1.29 is 8.83 Å². The van der Waals surface area contributed by atoms with Gasteiger partial charge in [0.1, 0.15) is 17.6 Å². The highest BCUT2D eigenvalue weighted by molar-refractivity contribution is 9.10. The number of nitriles is 1. The van der Waals surface area contributed by atoms with Crippen LogP contribution in [0.25, 0.3) is 11.3 Å². The SMILES string of the molecule is Cc1nc(C#N)c(NN=Cc2ccc(-c3ccc(Br)cc3)o2)o1. The first-order valence-electron chi connectivity index (χ1n) is 6.68. The van der Waals surface area contributed by atoms with Gasteiger partial charge in [-0.2, -0.15) is 10.4 Å². The lowest BCUT2D eigenvalue weighted by Gasteiger charge is -1.96. The maximum absolute atomic E-state index is 8.91. The molecule has 0 spiro atoms. The number of hydrazone groups is 1. The van der Waals surface area contributed by atoms with E-state index in [1.54, 1.807) is 13.0 Å². The number of aryl methyl sites for hydroxylation is 1. The lowest BCUT2D eigenvalue weighted by Crippen LogP contribution is -1.90. The Bertz CT molecular complexity index is 888. The predicted molar refractivity (Wildman–Crippen MR) is 89.0 cm³/mol. The number of hydrogen-bond acceptors (Lipinski definition) is 6. The largest absolute Gasteiger partial charge is 0.455 e. The number of furan rings is 1. The molecule has 0 saturated carbocycles.